The van der Waals surface area contributed by atoms with Crippen LogP contribution in [0.25, 0.3) is 10.2 Å². The Balaban J connectivity index is 1.34. The minimum Gasteiger partial charge on any atom is -0.298 e. The standard InChI is InChI=1S/C24H25FN4OS2/c1-15-27-18(13-31-15)12-28(2)19-7-8-20-21(11-19)32-23-22(20)24(30)29(14-26-23)10-9-16-3-5-17(25)6-4-16/h3-6,13-14,19H,7-12H2,1-2H3/t19-/m0/s1. The van der Waals surface area contributed by atoms with Gasteiger partial charge in [-0.2, -0.15) is 0 Å². The first-order valence-electron chi connectivity index (χ1n) is 10.8. The zero-order valence-electron chi connectivity index (χ0n) is 18.2. The maximum absolute atomic E-state index is 13.2. The van der Waals surface area contributed by atoms with Crippen LogP contribution in [0.3, 0.4) is 0 Å². The summed E-state index contributed by atoms with van der Waals surface area (Å²) in [6.45, 7) is 3.43. The zero-order valence-corrected chi connectivity index (χ0v) is 19.8. The van der Waals surface area contributed by atoms with E-state index in [9.17, 15) is 9.18 Å². The average Bonchev–Trinajstić information content (AvgIpc) is 3.37. The first-order chi connectivity index (χ1) is 15.5. The molecule has 0 amide bonds. The molecule has 3 heterocycles. The predicted molar refractivity (Wildman–Crippen MR) is 128 cm³/mol. The number of nitrogens with zero attached hydrogens (tertiary/aromatic N) is 4. The lowest BCUT2D eigenvalue weighted by atomic mass is 9.92. The quantitative estimate of drug-likeness (QED) is 0.415. The molecule has 1 aliphatic rings. The topological polar surface area (TPSA) is 51.0 Å². The van der Waals surface area contributed by atoms with Crippen molar-refractivity contribution in [3.8, 4) is 0 Å². The number of thiazole rings is 1. The van der Waals surface area contributed by atoms with Crippen LogP contribution in [0.4, 0.5) is 4.39 Å². The fraction of sp³-hybridized carbons (Fsp3) is 0.375. The van der Waals surface area contributed by atoms with Crippen molar-refractivity contribution in [2.45, 2.75) is 51.7 Å². The maximum atomic E-state index is 13.2. The number of benzene rings is 1. The number of thiophene rings is 1. The number of hydrogen-bond acceptors (Lipinski definition) is 6. The molecule has 166 valence electrons. The van der Waals surface area contributed by atoms with Gasteiger partial charge >= 0.3 is 0 Å². The molecule has 3 aromatic heterocycles. The van der Waals surface area contributed by atoms with Gasteiger partial charge in [0.2, 0.25) is 0 Å². The lowest BCUT2D eigenvalue weighted by molar-refractivity contribution is 0.213. The zero-order chi connectivity index (χ0) is 22.2. The highest BCUT2D eigenvalue weighted by atomic mass is 32.1. The summed E-state index contributed by atoms with van der Waals surface area (Å²) < 4.78 is 14.8. The number of fused-ring (bicyclic) bond motifs is 3. The second kappa shape index (κ2) is 8.84. The predicted octanol–water partition coefficient (Wildman–Crippen LogP) is 4.59. The molecule has 0 radical (unpaired) electrons. The van der Waals surface area contributed by atoms with E-state index in [1.54, 1.807) is 45.7 Å². The van der Waals surface area contributed by atoms with Crippen LogP contribution >= 0.6 is 22.7 Å². The molecule has 0 bridgehead atoms. The van der Waals surface area contributed by atoms with E-state index in [2.05, 4.69) is 27.3 Å². The van der Waals surface area contributed by atoms with E-state index in [0.717, 1.165) is 52.3 Å². The third kappa shape index (κ3) is 4.27. The van der Waals surface area contributed by atoms with Crippen LogP contribution in [0.1, 0.15) is 33.1 Å². The molecule has 1 atom stereocenters. The summed E-state index contributed by atoms with van der Waals surface area (Å²) in [6, 6.07) is 6.89. The number of likely N-dealkylation sites (N-methyl/N-ethyl adjacent to an activating group) is 1. The summed E-state index contributed by atoms with van der Waals surface area (Å²) in [5, 5.41) is 4.03. The summed E-state index contributed by atoms with van der Waals surface area (Å²) in [5.74, 6) is -0.246. The molecule has 4 aromatic rings. The van der Waals surface area contributed by atoms with Crippen molar-refractivity contribution in [1.29, 1.82) is 0 Å². The average molecular weight is 469 g/mol. The monoisotopic (exact) mass is 468 g/mol. The third-order valence-corrected chi connectivity index (χ3v) is 8.25. The summed E-state index contributed by atoms with van der Waals surface area (Å²) in [4.78, 5) is 27.0. The van der Waals surface area contributed by atoms with E-state index in [1.807, 2.05) is 6.92 Å². The fourth-order valence-corrected chi connectivity index (χ4v) is 6.34. The SMILES string of the molecule is Cc1nc(CN(C)[C@H]2CCc3c(sc4ncn(CCc5ccc(F)cc5)c(=O)c34)C2)cs1. The van der Waals surface area contributed by atoms with Crippen molar-refractivity contribution >= 4 is 32.9 Å². The van der Waals surface area contributed by atoms with Crippen molar-refractivity contribution in [2.75, 3.05) is 7.05 Å². The van der Waals surface area contributed by atoms with Gasteiger partial charge in [0.15, 0.2) is 0 Å². The number of halogens is 1. The molecule has 0 aliphatic heterocycles. The van der Waals surface area contributed by atoms with Gasteiger partial charge in [-0.3, -0.25) is 14.3 Å². The highest BCUT2D eigenvalue weighted by molar-refractivity contribution is 7.18. The van der Waals surface area contributed by atoms with Crippen molar-refractivity contribution in [3.05, 3.63) is 78.8 Å². The Labute approximate surface area is 194 Å². The number of aromatic nitrogens is 3. The lowest BCUT2D eigenvalue weighted by Gasteiger charge is -2.30. The second-order valence-electron chi connectivity index (χ2n) is 8.47. The van der Waals surface area contributed by atoms with E-state index in [4.69, 9.17) is 0 Å². The summed E-state index contributed by atoms with van der Waals surface area (Å²) >= 11 is 3.36. The number of rotatable bonds is 6. The molecule has 5 rings (SSSR count). The van der Waals surface area contributed by atoms with E-state index < -0.39 is 0 Å². The summed E-state index contributed by atoms with van der Waals surface area (Å²) in [6.07, 6.45) is 5.21. The molecule has 5 nitrogen and oxygen atoms in total. The van der Waals surface area contributed by atoms with Crippen LogP contribution in [0.15, 0.2) is 40.8 Å². The van der Waals surface area contributed by atoms with Gasteiger partial charge in [-0.25, -0.2) is 14.4 Å². The number of hydrogen-bond donors (Lipinski definition) is 0. The first kappa shape index (κ1) is 21.4. The normalized spacial score (nSPS) is 16.1. The molecule has 1 aromatic carbocycles. The van der Waals surface area contributed by atoms with Gasteiger partial charge in [-0.1, -0.05) is 12.1 Å². The van der Waals surface area contributed by atoms with Gasteiger partial charge in [0.25, 0.3) is 5.56 Å². The van der Waals surface area contributed by atoms with Crippen molar-refractivity contribution in [1.82, 2.24) is 19.4 Å². The van der Waals surface area contributed by atoms with Crippen molar-refractivity contribution in [3.63, 3.8) is 0 Å². The Morgan fingerprint density at radius 1 is 1.28 bits per heavy atom. The molecular weight excluding hydrogens is 443 g/mol. The van der Waals surface area contributed by atoms with Crippen molar-refractivity contribution in [2.24, 2.45) is 0 Å². The number of aryl methyl sites for hydroxylation is 4. The van der Waals surface area contributed by atoms with Crippen LogP contribution in [0.2, 0.25) is 0 Å². The van der Waals surface area contributed by atoms with Gasteiger partial charge in [0.1, 0.15) is 10.6 Å². The van der Waals surface area contributed by atoms with E-state index in [1.165, 1.54) is 22.6 Å². The summed E-state index contributed by atoms with van der Waals surface area (Å²) in [5.41, 5.74) is 3.36. The van der Waals surface area contributed by atoms with Crippen LogP contribution in [0.5, 0.6) is 0 Å². The molecule has 0 fully saturated rings. The Kier molecular flexibility index (Phi) is 5.92. The molecule has 1 aliphatic carbocycles. The molecule has 0 saturated heterocycles. The molecular formula is C24H25FN4OS2. The van der Waals surface area contributed by atoms with Crippen LogP contribution < -0.4 is 5.56 Å². The molecule has 8 heteroatoms. The first-order valence-corrected chi connectivity index (χ1v) is 12.5. The van der Waals surface area contributed by atoms with Gasteiger partial charge in [0, 0.05) is 29.4 Å². The van der Waals surface area contributed by atoms with E-state index in [0.29, 0.717) is 19.0 Å². The molecule has 0 saturated carbocycles. The molecule has 0 spiro atoms. The Hall–Kier alpha value is -2.42. The molecule has 0 N–H and O–H groups in total. The van der Waals surface area contributed by atoms with Crippen LogP contribution in [-0.2, 0) is 32.4 Å². The highest BCUT2D eigenvalue weighted by Crippen LogP contribution is 2.35. The van der Waals surface area contributed by atoms with Gasteiger partial charge in [-0.15, -0.1) is 22.7 Å². The molecule has 32 heavy (non-hydrogen) atoms. The lowest BCUT2D eigenvalue weighted by Crippen LogP contribution is -2.35. The summed E-state index contributed by atoms with van der Waals surface area (Å²) in [7, 11) is 2.17. The van der Waals surface area contributed by atoms with Crippen LogP contribution in [-0.4, -0.2) is 32.5 Å². The van der Waals surface area contributed by atoms with Crippen LogP contribution in [0, 0.1) is 12.7 Å². The molecule has 0 unspecified atom stereocenters. The van der Waals surface area contributed by atoms with E-state index >= 15 is 0 Å². The van der Waals surface area contributed by atoms with Gasteiger partial charge in [0.05, 0.1) is 22.4 Å². The Bertz CT molecular complexity index is 1310. The Morgan fingerprint density at radius 3 is 2.84 bits per heavy atom. The third-order valence-electron chi connectivity index (χ3n) is 6.27. The fourth-order valence-electron chi connectivity index (χ4n) is 4.49. The van der Waals surface area contributed by atoms with E-state index in [-0.39, 0.29) is 11.4 Å². The minimum absolute atomic E-state index is 0.0411. The smallest absolute Gasteiger partial charge is 0.262 e. The maximum Gasteiger partial charge on any atom is 0.262 e. The Morgan fingerprint density at radius 2 is 2.09 bits per heavy atom. The van der Waals surface area contributed by atoms with Crippen molar-refractivity contribution < 1.29 is 4.39 Å². The highest BCUT2D eigenvalue weighted by Gasteiger charge is 2.27. The van der Waals surface area contributed by atoms with Gasteiger partial charge in [-0.05, 0) is 62.9 Å². The van der Waals surface area contributed by atoms with Gasteiger partial charge < -0.3 is 0 Å². The second-order valence-corrected chi connectivity index (χ2v) is 10.6. The minimum atomic E-state index is -0.246. The largest absolute Gasteiger partial charge is 0.298 e.